The number of aliphatic carboxylic acids is 2. The van der Waals surface area contributed by atoms with Gasteiger partial charge in [-0.1, -0.05) is 20.8 Å². The Labute approximate surface area is 164 Å². The van der Waals surface area contributed by atoms with Gasteiger partial charge in [0.2, 0.25) is 0 Å². The molecule has 3 aliphatic carbocycles. The minimum Gasteiger partial charge on any atom is -0.550 e. The number of carbonyl (C=O) groups is 2. The summed E-state index contributed by atoms with van der Waals surface area (Å²) in [6, 6.07) is 0. The molecule has 3 aliphatic rings. The summed E-state index contributed by atoms with van der Waals surface area (Å²) in [5.41, 5.74) is 0. The molecule has 2 bridgehead atoms. The first-order valence-electron chi connectivity index (χ1n) is 6.78. The van der Waals surface area contributed by atoms with E-state index in [0.717, 1.165) is 12.8 Å². The standard InChI is InChI=1S/C14H22O4.2Na/c1-6-7(2)9-4-5-10(8(6)3)12(14(17)18)11(9)13(15)16;;/h6-12H,4-5H2,1-3H3,(H,15,16)(H,17,18);;/q;2*+1/p-2. The Morgan fingerprint density at radius 2 is 1.05 bits per heavy atom. The molecular weight excluding hydrogens is 278 g/mol. The third-order valence-corrected chi connectivity index (χ3v) is 5.70. The van der Waals surface area contributed by atoms with Crippen molar-refractivity contribution >= 4 is 11.9 Å². The maximum Gasteiger partial charge on any atom is 1.00 e. The largest absolute Gasteiger partial charge is 1.00 e. The Morgan fingerprint density at radius 3 is 1.30 bits per heavy atom. The number of rotatable bonds is 2. The second-order valence-corrected chi connectivity index (χ2v) is 6.17. The van der Waals surface area contributed by atoms with Crippen LogP contribution in [0, 0.1) is 41.4 Å². The van der Waals surface area contributed by atoms with Crippen molar-refractivity contribution in [1.82, 2.24) is 0 Å². The van der Waals surface area contributed by atoms with E-state index < -0.39 is 23.8 Å². The summed E-state index contributed by atoms with van der Waals surface area (Å²) in [7, 11) is 0. The fourth-order valence-electron chi connectivity index (χ4n) is 4.36. The smallest absolute Gasteiger partial charge is 0.550 e. The number of carboxylic acid groups (broad SMARTS) is 2. The molecule has 0 radical (unpaired) electrons. The summed E-state index contributed by atoms with van der Waals surface area (Å²) >= 11 is 0. The molecule has 0 aliphatic heterocycles. The molecule has 3 rings (SSSR count). The van der Waals surface area contributed by atoms with Gasteiger partial charge in [-0.2, -0.15) is 0 Å². The number of hydrogen-bond acceptors (Lipinski definition) is 4. The van der Waals surface area contributed by atoms with Crippen LogP contribution in [0.4, 0.5) is 0 Å². The number of hydrogen-bond donors (Lipinski definition) is 0. The van der Waals surface area contributed by atoms with Crippen LogP contribution in [0.3, 0.4) is 0 Å². The molecule has 0 saturated heterocycles. The monoisotopic (exact) mass is 298 g/mol. The van der Waals surface area contributed by atoms with Crippen molar-refractivity contribution in [3.63, 3.8) is 0 Å². The minimum absolute atomic E-state index is 0. The van der Waals surface area contributed by atoms with E-state index in [9.17, 15) is 19.8 Å². The number of fused-ring (bicyclic) bond motifs is 4. The van der Waals surface area contributed by atoms with Crippen molar-refractivity contribution in [2.75, 3.05) is 0 Å². The predicted octanol–water partition coefficient (Wildman–Crippen LogP) is -6.33. The van der Waals surface area contributed by atoms with Gasteiger partial charge in [-0.25, -0.2) is 0 Å². The van der Waals surface area contributed by atoms with Crippen molar-refractivity contribution < 1.29 is 78.9 Å². The molecule has 0 aromatic heterocycles. The van der Waals surface area contributed by atoms with Crippen molar-refractivity contribution in [1.29, 1.82) is 0 Å². The summed E-state index contributed by atoms with van der Waals surface area (Å²) < 4.78 is 0. The minimum atomic E-state index is -1.22. The van der Waals surface area contributed by atoms with Gasteiger partial charge in [-0.15, -0.1) is 0 Å². The zero-order valence-corrected chi connectivity index (χ0v) is 17.1. The maximum absolute atomic E-state index is 11.4. The zero-order valence-electron chi connectivity index (χ0n) is 13.1. The van der Waals surface area contributed by atoms with Crippen LogP contribution in [0.25, 0.3) is 0 Å². The first kappa shape index (κ1) is 20.9. The fraction of sp³-hybridized carbons (Fsp3) is 0.857. The predicted molar refractivity (Wildman–Crippen MR) is 60.7 cm³/mol. The van der Waals surface area contributed by atoms with Crippen molar-refractivity contribution in [2.45, 2.75) is 33.6 Å². The van der Waals surface area contributed by atoms with E-state index in [1.54, 1.807) is 0 Å². The molecule has 20 heavy (non-hydrogen) atoms. The number of carboxylic acids is 2. The Kier molecular flexibility index (Phi) is 8.35. The fourth-order valence-corrected chi connectivity index (χ4v) is 4.36. The third kappa shape index (κ3) is 3.47. The van der Waals surface area contributed by atoms with Crippen molar-refractivity contribution in [2.24, 2.45) is 41.4 Å². The third-order valence-electron chi connectivity index (χ3n) is 5.70. The summed E-state index contributed by atoms with van der Waals surface area (Å²) in [5.74, 6) is -3.59. The summed E-state index contributed by atoms with van der Waals surface area (Å²) in [4.78, 5) is 22.7. The summed E-state index contributed by atoms with van der Waals surface area (Å²) in [6.07, 6.45) is 1.59. The van der Waals surface area contributed by atoms with E-state index in [1.165, 1.54) is 0 Å². The SMILES string of the molecule is CC1C(C)C2CCC(C1C)C(C(=O)[O-])C2C(=O)[O-].[Na+].[Na+]. The molecule has 0 aromatic rings. The summed E-state index contributed by atoms with van der Waals surface area (Å²) in [5, 5.41) is 22.7. The van der Waals surface area contributed by atoms with Crippen LogP contribution in [-0.4, -0.2) is 11.9 Å². The molecule has 0 heterocycles. The van der Waals surface area contributed by atoms with Gasteiger partial charge >= 0.3 is 59.1 Å². The van der Waals surface area contributed by atoms with Gasteiger partial charge in [-0.05, 0) is 42.4 Å². The average molecular weight is 298 g/mol. The molecule has 6 heteroatoms. The Bertz CT molecular complexity index is 340. The van der Waals surface area contributed by atoms with Crippen molar-refractivity contribution in [3.8, 4) is 0 Å². The van der Waals surface area contributed by atoms with E-state index in [4.69, 9.17) is 0 Å². The Balaban J connectivity index is 0.00000180. The van der Waals surface area contributed by atoms with Crippen LogP contribution >= 0.6 is 0 Å². The van der Waals surface area contributed by atoms with Gasteiger partial charge in [0.25, 0.3) is 0 Å². The molecule has 0 N–H and O–H groups in total. The normalized spacial score (nSPS) is 42.9. The van der Waals surface area contributed by atoms with Crippen molar-refractivity contribution in [3.05, 3.63) is 0 Å². The average Bonchev–Trinajstić information content (AvgIpc) is 2.46. The maximum atomic E-state index is 11.4. The molecule has 0 aromatic carbocycles. The molecule has 4 nitrogen and oxygen atoms in total. The second kappa shape index (κ2) is 7.98. The Morgan fingerprint density at radius 1 is 0.750 bits per heavy atom. The quantitative estimate of drug-likeness (QED) is 0.475. The Hall–Kier alpha value is 0.940. The van der Waals surface area contributed by atoms with Crippen LogP contribution < -0.4 is 69.3 Å². The van der Waals surface area contributed by atoms with E-state index in [-0.39, 0.29) is 82.8 Å². The second-order valence-electron chi connectivity index (χ2n) is 6.17. The van der Waals surface area contributed by atoms with Gasteiger partial charge in [0, 0.05) is 23.8 Å². The molecule has 102 valence electrons. The van der Waals surface area contributed by atoms with Gasteiger partial charge < -0.3 is 19.8 Å². The van der Waals surface area contributed by atoms with E-state index in [0.29, 0.717) is 5.92 Å². The first-order chi connectivity index (χ1) is 8.36. The molecule has 6 unspecified atom stereocenters. The first-order valence-corrected chi connectivity index (χ1v) is 6.78. The molecule has 3 fully saturated rings. The summed E-state index contributed by atoms with van der Waals surface area (Å²) in [6.45, 7) is 6.19. The molecular formula is C14H20Na2O4. The van der Waals surface area contributed by atoms with Gasteiger partial charge in [0.15, 0.2) is 0 Å². The van der Waals surface area contributed by atoms with E-state index >= 15 is 0 Å². The molecule has 6 atom stereocenters. The zero-order chi connectivity index (χ0) is 13.6. The molecule has 0 amide bonds. The van der Waals surface area contributed by atoms with E-state index in [2.05, 4.69) is 6.92 Å². The topological polar surface area (TPSA) is 80.3 Å². The van der Waals surface area contributed by atoms with Gasteiger partial charge in [0.1, 0.15) is 0 Å². The van der Waals surface area contributed by atoms with Crippen LogP contribution in [0.15, 0.2) is 0 Å². The van der Waals surface area contributed by atoms with Crippen LogP contribution in [0.5, 0.6) is 0 Å². The molecule has 0 spiro atoms. The van der Waals surface area contributed by atoms with Gasteiger partial charge in [0.05, 0.1) is 0 Å². The van der Waals surface area contributed by atoms with Crippen LogP contribution in [0.2, 0.25) is 0 Å². The van der Waals surface area contributed by atoms with Crippen LogP contribution in [-0.2, 0) is 9.59 Å². The number of carbonyl (C=O) groups excluding carboxylic acids is 2. The van der Waals surface area contributed by atoms with E-state index in [1.807, 2.05) is 13.8 Å². The van der Waals surface area contributed by atoms with Gasteiger partial charge in [-0.3, -0.25) is 0 Å². The molecule has 3 saturated carbocycles. The van der Waals surface area contributed by atoms with Crippen LogP contribution in [0.1, 0.15) is 33.6 Å².